The smallest absolute Gasteiger partial charge is 0.220 e. The highest BCUT2D eigenvalue weighted by Crippen LogP contribution is 2.07. The molecule has 112 valence electrons. The monoisotopic (exact) mass is 271 g/mol. The van der Waals surface area contributed by atoms with Gasteiger partial charge in [0, 0.05) is 25.3 Å². The van der Waals surface area contributed by atoms with Gasteiger partial charge in [0.05, 0.1) is 12.7 Å². The molecule has 4 nitrogen and oxygen atoms in total. The molecule has 1 amide bonds. The minimum atomic E-state index is 0.0718. The van der Waals surface area contributed by atoms with Gasteiger partial charge in [0.25, 0.3) is 0 Å². The number of rotatable bonds is 11. The van der Waals surface area contributed by atoms with E-state index in [1.54, 1.807) is 0 Å². The van der Waals surface area contributed by atoms with E-state index in [9.17, 15) is 9.59 Å². The summed E-state index contributed by atoms with van der Waals surface area (Å²) in [5.41, 5.74) is 0. The average molecular weight is 271 g/mol. The first-order valence-electron chi connectivity index (χ1n) is 7.34. The van der Waals surface area contributed by atoms with E-state index in [4.69, 9.17) is 4.74 Å². The maximum atomic E-state index is 11.5. The van der Waals surface area contributed by atoms with Crippen LogP contribution in [0.15, 0.2) is 0 Å². The topological polar surface area (TPSA) is 55.4 Å². The fraction of sp³-hybridized carbons (Fsp3) is 0.867. The number of carbonyl (C=O) groups excluding carboxylic acids is 2. The third kappa shape index (κ3) is 11.9. The van der Waals surface area contributed by atoms with Crippen LogP contribution in [0.3, 0.4) is 0 Å². The van der Waals surface area contributed by atoms with Crippen molar-refractivity contribution in [2.45, 2.75) is 65.9 Å². The molecule has 1 N–H and O–H groups in total. The first kappa shape index (κ1) is 18.1. The minimum Gasteiger partial charge on any atom is -0.377 e. The van der Waals surface area contributed by atoms with Gasteiger partial charge in [0.15, 0.2) is 0 Å². The van der Waals surface area contributed by atoms with E-state index in [1.807, 2.05) is 27.7 Å². The Balaban J connectivity index is 3.36. The number of ketones is 1. The molecule has 0 aliphatic carbocycles. The average Bonchev–Trinajstić information content (AvgIpc) is 2.33. The van der Waals surface area contributed by atoms with Crippen molar-refractivity contribution in [1.82, 2.24) is 5.32 Å². The third-order valence-corrected chi connectivity index (χ3v) is 2.85. The lowest BCUT2D eigenvalue weighted by molar-refractivity contribution is -0.122. The van der Waals surface area contributed by atoms with Crippen LogP contribution in [0.2, 0.25) is 0 Å². The molecule has 0 aliphatic rings. The highest BCUT2D eigenvalue weighted by Gasteiger charge is 2.06. The molecular formula is C15H29NO3. The van der Waals surface area contributed by atoms with Crippen molar-refractivity contribution in [3.63, 3.8) is 0 Å². The van der Waals surface area contributed by atoms with Crippen LogP contribution in [0.4, 0.5) is 0 Å². The first-order valence-corrected chi connectivity index (χ1v) is 7.34. The van der Waals surface area contributed by atoms with Crippen LogP contribution in [0.25, 0.3) is 0 Å². The summed E-state index contributed by atoms with van der Waals surface area (Å²) < 4.78 is 5.33. The number of hydrogen-bond acceptors (Lipinski definition) is 3. The lowest BCUT2D eigenvalue weighted by Crippen LogP contribution is -2.27. The molecule has 0 saturated carbocycles. The first-order chi connectivity index (χ1) is 8.93. The second kappa shape index (κ2) is 11.0. The van der Waals surface area contributed by atoms with Gasteiger partial charge in [0.1, 0.15) is 5.78 Å². The molecule has 0 unspecified atom stereocenters. The Hall–Kier alpha value is -0.900. The van der Waals surface area contributed by atoms with Gasteiger partial charge in [-0.25, -0.2) is 0 Å². The van der Waals surface area contributed by atoms with Gasteiger partial charge < -0.3 is 10.1 Å². The summed E-state index contributed by atoms with van der Waals surface area (Å²) in [5, 5.41) is 2.83. The molecule has 0 radical (unpaired) electrons. The number of amides is 1. The molecule has 0 rings (SSSR count). The van der Waals surface area contributed by atoms with Crippen molar-refractivity contribution < 1.29 is 14.3 Å². The molecule has 0 saturated heterocycles. The van der Waals surface area contributed by atoms with Gasteiger partial charge in [-0.1, -0.05) is 20.3 Å². The minimum absolute atomic E-state index is 0.0718. The van der Waals surface area contributed by atoms with Gasteiger partial charge in [-0.3, -0.25) is 9.59 Å². The summed E-state index contributed by atoms with van der Waals surface area (Å²) in [6, 6.07) is 0. The number of carbonyl (C=O) groups is 2. The predicted octanol–water partition coefficient (Wildman–Crippen LogP) is 2.70. The van der Waals surface area contributed by atoms with Gasteiger partial charge in [-0.15, -0.1) is 0 Å². The number of unbranched alkanes of at least 4 members (excludes halogenated alkanes) is 2. The maximum Gasteiger partial charge on any atom is 0.220 e. The van der Waals surface area contributed by atoms with Crippen LogP contribution < -0.4 is 5.32 Å². The van der Waals surface area contributed by atoms with Crippen LogP contribution in [0.1, 0.15) is 59.8 Å². The standard InChI is InChI=1S/C15H29NO3/c1-12(2)14(17)8-6-5-7-9-15(18)16-10-11-19-13(3)4/h12-13H,5-11H2,1-4H3,(H,16,18). The third-order valence-electron chi connectivity index (χ3n) is 2.85. The second-order valence-corrected chi connectivity index (χ2v) is 5.45. The Kier molecular flexibility index (Phi) is 10.5. The molecular weight excluding hydrogens is 242 g/mol. The summed E-state index contributed by atoms with van der Waals surface area (Å²) in [6.07, 6.45) is 4.06. The summed E-state index contributed by atoms with van der Waals surface area (Å²) in [4.78, 5) is 22.8. The van der Waals surface area contributed by atoms with Crippen molar-refractivity contribution in [2.75, 3.05) is 13.2 Å². The Morgan fingerprint density at radius 1 is 1.00 bits per heavy atom. The molecule has 0 atom stereocenters. The highest BCUT2D eigenvalue weighted by atomic mass is 16.5. The number of hydrogen-bond donors (Lipinski definition) is 1. The van der Waals surface area contributed by atoms with Gasteiger partial charge in [-0.05, 0) is 26.7 Å². The zero-order chi connectivity index (χ0) is 14.7. The Labute approximate surface area is 117 Å². The zero-order valence-corrected chi connectivity index (χ0v) is 12.8. The predicted molar refractivity (Wildman–Crippen MR) is 77.0 cm³/mol. The van der Waals surface area contributed by atoms with Crippen molar-refractivity contribution in [2.24, 2.45) is 5.92 Å². The van der Waals surface area contributed by atoms with Crippen LogP contribution >= 0.6 is 0 Å². The maximum absolute atomic E-state index is 11.5. The Bertz CT molecular complexity index is 262. The summed E-state index contributed by atoms with van der Waals surface area (Å²) >= 11 is 0. The van der Waals surface area contributed by atoms with Crippen LogP contribution in [0.5, 0.6) is 0 Å². The fourth-order valence-corrected chi connectivity index (χ4v) is 1.62. The van der Waals surface area contributed by atoms with E-state index in [0.29, 0.717) is 31.8 Å². The zero-order valence-electron chi connectivity index (χ0n) is 12.8. The molecule has 0 aromatic carbocycles. The normalized spacial score (nSPS) is 11.1. The van der Waals surface area contributed by atoms with Gasteiger partial charge in [0.2, 0.25) is 5.91 Å². The van der Waals surface area contributed by atoms with Gasteiger partial charge in [-0.2, -0.15) is 0 Å². The SMILES string of the molecule is CC(C)OCCNC(=O)CCCCCC(=O)C(C)C. The summed E-state index contributed by atoms with van der Waals surface area (Å²) in [5.74, 6) is 0.516. The quantitative estimate of drug-likeness (QED) is 0.588. The van der Waals surface area contributed by atoms with Crippen molar-refractivity contribution in [1.29, 1.82) is 0 Å². The van der Waals surface area contributed by atoms with E-state index in [1.165, 1.54) is 0 Å². The van der Waals surface area contributed by atoms with Crippen LogP contribution in [-0.4, -0.2) is 30.9 Å². The molecule has 0 aliphatic heterocycles. The van der Waals surface area contributed by atoms with Gasteiger partial charge >= 0.3 is 0 Å². The molecule has 0 heterocycles. The van der Waals surface area contributed by atoms with E-state index < -0.39 is 0 Å². The second-order valence-electron chi connectivity index (χ2n) is 5.45. The summed E-state index contributed by atoms with van der Waals surface area (Å²) in [7, 11) is 0. The fourth-order valence-electron chi connectivity index (χ4n) is 1.62. The Morgan fingerprint density at radius 3 is 2.21 bits per heavy atom. The van der Waals surface area contributed by atoms with E-state index in [2.05, 4.69) is 5.32 Å². The number of nitrogens with one attached hydrogen (secondary N) is 1. The highest BCUT2D eigenvalue weighted by molar-refractivity contribution is 5.80. The number of Topliss-reactive ketones (excluding diaryl/α,β-unsaturated/α-hetero) is 1. The summed E-state index contributed by atoms with van der Waals surface area (Å²) in [6.45, 7) is 8.93. The van der Waals surface area contributed by atoms with E-state index in [0.717, 1.165) is 19.3 Å². The largest absolute Gasteiger partial charge is 0.377 e. The van der Waals surface area contributed by atoms with Crippen LogP contribution in [-0.2, 0) is 14.3 Å². The molecule has 0 aromatic heterocycles. The lowest BCUT2D eigenvalue weighted by atomic mass is 10.0. The lowest BCUT2D eigenvalue weighted by Gasteiger charge is -2.08. The van der Waals surface area contributed by atoms with Crippen molar-refractivity contribution >= 4 is 11.7 Å². The number of ether oxygens (including phenoxy) is 1. The molecule has 19 heavy (non-hydrogen) atoms. The van der Waals surface area contributed by atoms with Crippen LogP contribution in [0, 0.1) is 5.92 Å². The van der Waals surface area contributed by atoms with Crippen molar-refractivity contribution in [3.05, 3.63) is 0 Å². The Morgan fingerprint density at radius 2 is 1.63 bits per heavy atom. The molecule has 4 heteroatoms. The van der Waals surface area contributed by atoms with E-state index >= 15 is 0 Å². The molecule has 0 bridgehead atoms. The van der Waals surface area contributed by atoms with E-state index in [-0.39, 0.29) is 17.9 Å². The van der Waals surface area contributed by atoms with Crippen molar-refractivity contribution in [3.8, 4) is 0 Å². The molecule has 0 fully saturated rings. The molecule has 0 spiro atoms. The molecule has 0 aromatic rings.